The van der Waals surface area contributed by atoms with Crippen LogP contribution in [0.25, 0.3) is 0 Å². The zero-order valence-corrected chi connectivity index (χ0v) is 15.0. The largest absolute Gasteiger partial charge is 0.482 e. The molecular formula is C16H17NO6S2. The van der Waals surface area contributed by atoms with E-state index in [1.165, 1.54) is 11.4 Å². The smallest absolute Gasteiger partial charge is 0.341 e. The molecule has 0 bridgehead atoms. The average Bonchev–Trinajstić information content (AvgIpc) is 3.04. The summed E-state index contributed by atoms with van der Waals surface area (Å²) in [4.78, 5) is 22.9. The lowest BCUT2D eigenvalue weighted by Crippen LogP contribution is -2.24. The molecule has 0 saturated carbocycles. The van der Waals surface area contributed by atoms with E-state index < -0.39 is 22.4 Å². The summed E-state index contributed by atoms with van der Waals surface area (Å²) in [5.74, 6) is -0.900. The van der Waals surface area contributed by atoms with E-state index in [9.17, 15) is 18.0 Å². The molecule has 0 saturated heterocycles. The summed E-state index contributed by atoms with van der Waals surface area (Å²) in [7, 11) is -3.31. The van der Waals surface area contributed by atoms with Crippen molar-refractivity contribution in [1.82, 2.24) is 5.32 Å². The molecule has 2 N–H and O–H groups in total. The fourth-order valence-electron chi connectivity index (χ4n) is 1.94. The van der Waals surface area contributed by atoms with Crippen LogP contribution in [-0.4, -0.2) is 44.8 Å². The Morgan fingerprint density at radius 1 is 1.24 bits per heavy atom. The predicted molar refractivity (Wildman–Crippen MR) is 93.0 cm³/mol. The number of carbonyl (C=O) groups is 2. The molecule has 0 unspecified atom stereocenters. The van der Waals surface area contributed by atoms with Crippen molar-refractivity contribution >= 4 is 33.1 Å². The van der Waals surface area contributed by atoms with E-state index in [0.29, 0.717) is 23.6 Å². The third-order valence-electron chi connectivity index (χ3n) is 3.21. The molecule has 134 valence electrons. The highest BCUT2D eigenvalue weighted by Gasteiger charge is 2.14. The first-order chi connectivity index (χ1) is 11.8. The van der Waals surface area contributed by atoms with Crippen LogP contribution in [-0.2, 0) is 21.1 Å². The minimum Gasteiger partial charge on any atom is -0.482 e. The molecule has 0 aliphatic heterocycles. The second kappa shape index (κ2) is 8.13. The molecule has 0 radical (unpaired) electrons. The van der Waals surface area contributed by atoms with Crippen molar-refractivity contribution in [2.45, 2.75) is 11.3 Å². The summed E-state index contributed by atoms with van der Waals surface area (Å²) in [6.07, 6.45) is 1.68. The third-order valence-corrected chi connectivity index (χ3v) is 5.38. The second-order valence-electron chi connectivity index (χ2n) is 5.25. The maximum absolute atomic E-state index is 12.0. The van der Waals surface area contributed by atoms with Gasteiger partial charge >= 0.3 is 5.97 Å². The predicted octanol–water partition coefficient (Wildman–Crippen LogP) is 1.59. The first-order valence-electron chi connectivity index (χ1n) is 7.26. The van der Waals surface area contributed by atoms with E-state index in [1.54, 1.807) is 24.3 Å². The van der Waals surface area contributed by atoms with E-state index >= 15 is 0 Å². The van der Waals surface area contributed by atoms with Crippen LogP contribution in [0, 0.1) is 0 Å². The Labute approximate surface area is 149 Å². The van der Waals surface area contributed by atoms with Gasteiger partial charge in [-0.2, -0.15) is 0 Å². The van der Waals surface area contributed by atoms with Crippen LogP contribution in [0.2, 0.25) is 0 Å². The van der Waals surface area contributed by atoms with E-state index in [1.807, 2.05) is 0 Å². The SMILES string of the molecule is CS(=O)(=O)c1csc(C(=O)NCCc2ccc(OCC(=O)O)cc2)c1. The zero-order chi connectivity index (χ0) is 18.4. The number of sulfone groups is 1. The van der Waals surface area contributed by atoms with Crippen molar-refractivity contribution in [2.75, 3.05) is 19.4 Å². The fraction of sp³-hybridized carbons (Fsp3) is 0.250. The van der Waals surface area contributed by atoms with Crippen molar-refractivity contribution < 1.29 is 27.9 Å². The molecule has 1 amide bonds. The molecule has 0 fully saturated rings. The van der Waals surface area contributed by atoms with E-state index in [-0.39, 0.29) is 10.8 Å². The Morgan fingerprint density at radius 2 is 1.92 bits per heavy atom. The molecule has 0 atom stereocenters. The molecule has 2 aromatic rings. The number of nitrogens with one attached hydrogen (secondary N) is 1. The van der Waals surface area contributed by atoms with Gasteiger partial charge < -0.3 is 15.2 Å². The summed E-state index contributed by atoms with van der Waals surface area (Å²) in [6, 6.07) is 8.27. The maximum atomic E-state index is 12.0. The Hall–Kier alpha value is -2.39. The van der Waals surface area contributed by atoms with Crippen molar-refractivity contribution in [2.24, 2.45) is 0 Å². The molecule has 1 aromatic heterocycles. The number of amides is 1. The van der Waals surface area contributed by atoms with Gasteiger partial charge in [-0.1, -0.05) is 12.1 Å². The standard InChI is InChI=1S/C16H17NO6S2/c1-25(21,22)13-8-14(24-10-13)16(20)17-7-6-11-2-4-12(5-3-11)23-9-15(18)19/h2-5,8,10H,6-7,9H2,1H3,(H,17,20)(H,18,19). The van der Waals surface area contributed by atoms with Gasteiger partial charge in [0.15, 0.2) is 16.4 Å². The summed E-state index contributed by atoms with van der Waals surface area (Å²) in [5, 5.41) is 12.7. The van der Waals surface area contributed by atoms with Crippen LogP contribution in [0.15, 0.2) is 40.6 Å². The number of carbonyl (C=O) groups excluding carboxylic acids is 1. The van der Waals surface area contributed by atoms with Crippen molar-refractivity contribution in [3.63, 3.8) is 0 Å². The van der Waals surface area contributed by atoms with Crippen molar-refractivity contribution in [3.05, 3.63) is 46.2 Å². The zero-order valence-electron chi connectivity index (χ0n) is 13.4. The summed E-state index contributed by atoms with van der Waals surface area (Å²) < 4.78 is 27.9. The van der Waals surface area contributed by atoms with Gasteiger partial charge in [0.25, 0.3) is 5.91 Å². The molecule has 0 aliphatic carbocycles. The minimum absolute atomic E-state index is 0.139. The summed E-state index contributed by atoms with van der Waals surface area (Å²) >= 11 is 1.08. The van der Waals surface area contributed by atoms with Gasteiger partial charge in [-0.25, -0.2) is 13.2 Å². The average molecular weight is 383 g/mol. The van der Waals surface area contributed by atoms with Crippen molar-refractivity contribution in [3.8, 4) is 5.75 Å². The summed E-state index contributed by atoms with van der Waals surface area (Å²) in [5.41, 5.74) is 0.950. The number of benzene rings is 1. The monoisotopic (exact) mass is 383 g/mol. The van der Waals surface area contributed by atoms with Crippen LogP contribution in [0.4, 0.5) is 0 Å². The molecule has 25 heavy (non-hydrogen) atoms. The first kappa shape index (κ1) is 18.9. The van der Waals surface area contributed by atoms with Crippen LogP contribution in [0.5, 0.6) is 5.75 Å². The van der Waals surface area contributed by atoms with Gasteiger partial charge in [0.2, 0.25) is 0 Å². The van der Waals surface area contributed by atoms with Crippen LogP contribution in [0.3, 0.4) is 0 Å². The minimum atomic E-state index is -3.31. The molecule has 9 heteroatoms. The fourth-order valence-corrected chi connectivity index (χ4v) is 3.87. The van der Waals surface area contributed by atoms with Gasteiger partial charge in [-0.05, 0) is 30.2 Å². The van der Waals surface area contributed by atoms with E-state index in [0.717, 1.165) is 23.2 Å². The molecule has 2 rings (SSSR count). The Bertz CT molecular complexity index is 855. The Kier molecular flexibility index (Phi) is 6.16. The van der Waals surface area contributed by atoms with Crippen LogP contribution < -0.4 is 10.1 Å². The van der Waals surface area contributed by atoms with Crippen LogP contribution >= 0.6 is 11.3 Å². The number of ether oxygens (including phenoxy) is 1. The third kappa shape index (κ3) is 5.87. The molecule has 7 nitrogen and oxygen atoms in total. The highest BCUT2D eigenvalue weighted by atomic mass is 32.2. The van der Waals surface area contributed by atoms with E-state index in [2.05, 4.69) is 5.32 Å². The number of rotatable bonds is 8. The maximum Gasteiger partial charge on any atom is 0.341 e. The van der Waals surface area contributed by atoms with Gasteiger partial charge in [0.1, 0.15) is 5.75 Å². The lowest BCUT2D eigenvalue weighted by Gasteiger charge is -2.06. The van der Waals surface area contributed by atoms with Crippen LogP contribution in [0.1, 0.15) is 15.2 Å². The summed E-state index contributed by atoms with van der Waals surface area (Å²) in [6.45, 7) is -0.00798. The lowest BCUT2D eigenvalue weighted by atomic mass is 10.1. The lowest BCUT2D eigenvalue weighted by molar-refractivity contribution is -0.139. The number of carboxylic acids is 1. The van der Waals surface area contributed by atoms with Gasteiger partial charge in [0, 0.05) is 18.2 Å². The number of aliphatic carboxylic acids is 1. The Balaban J connectivity index is 1.83. The highest BCUT2D eigenvalue weighted by molar-refractivity contribution is 7.90. The number of carboxylic acid groups (broad SMARTS) is 1. The molecular weight excluding hydrogens is 366 g/mol. The van der Waals surface area contributed by atoms with Crippen molar-refractivity contribution in [1.29, 1.82) is 0 Å². The number of thiophene rings is 1. The van der Waals surface area contributed by atoms with Gasteiger partial charge in [0.05, 0.1) is 9.77 Å². The molecule has 0 aliphatic rings. The Morgan fingerprint density at radius 3 is 2.48 bits per heavy atom. The van der Waals surface area contributed by atoms with Gasteiger partial charge in [-0.3, -0.25) is 4.79 Å². The van der Waals surface area contributed by atoms with Gasteiger partial charge in [-0.15, -0.1) is 11.3 Å². The highest BCUT2D eigenvalue weighted by Crippen LogP contribution is 2.19. The normalized spacial score (nSPS) is 11.1. The first-order valence-corrected chi connectivity index (χ1v) is 10.0. The van der Waals surface area contributed by atoms with E-state index in [4.69, 9.17) is 9.84 Å². The second-order valence-corrected chi connectivity index (χ2v) is 8.18. The molecule has 1 aromatic carbocycles. The number of hydrogen-bond donors (Lipinski definition) is 2. The number of hydrogen-bond acceptors (Lipinski definition) is 6. The molecule has 1 heterocycles. The topological polar surface area (TPSA) is 110 Å². The quantitative estimate of drug-likeness (QED) is 0.716. The molecule has 0 spiro atoms.